The minimum atomic E-state index is -1.01. The highest BCUT2D eigenvalue weighted by Crippen LogP contribution is 2.26. The summed E-state index contributed by atoms with van der Waals surface area (Å²) in [5, 5.41) is 11.2. The Morgan fingerprint density at radius 1 is 1.29 bits per heavy atom. The minimum absolute atomic E-state index is 0.0609. The molecule has 1 unspecified atom stereocenters. The summed E-state index contributed by atoms with van der Waals surface area (Å²) in [6, 6.07) is 1.88. The fraction of sp³-hybridized carbons (Fsp3) is 0.417. The number of nitrogen functional groups attached to an aromatic ring is 1. The lowest BCUT2D eigenvalue weighted by molar-refractivity contribution is -0.0946. The molecule has 21 heavy (non-hydrogen) atoms. The van der Waals surface area contributed by atoms with Gasteiger partial charge in [-0.2, -0.15) is 0 Å². The van der Waals surface area contributed by atoms with Crippen LogP contribution < -0.4 is 5.73 Å². The predicted molar refractivity (Wildman–Crippen MR) is 68.1 cm³/mol. The number of halogens is 2. The third kappa shape index (κ3) is 2.83. The summed E-state index contributed by atoms with van der Waals surface area (Å²) >= 11 is 0. The second-order valence-electron chi connectivity index (χ2n) is 4.61. The van der Waals surface area contributed by atoms with Gasteiger partial charge in [-0.3, -0.25) is 0 Å². The first kappa shape index (κ1) is 13.8. The Kier molecular flexibility index (Phi) is 3.76. The molecule has 0 radical (unpaired) electrons. The molecular weight excluding hydrogens is 284 g/mol. The maximum atomic E-state index is 13.4. The van der Waals surface area contributed by atoms with E-state index < -0.39 is 11.6 Å². The van der Waals surface area contributed by atoms with Crippen LogP contribution in [0.25, 0.3) is 11.4 Å². The molecule has 1 fully saturated rings. The summed E-state index contributed by atoms with van der Waals surface area (Å²) in [5.41, 5.74) is 6.00. The van der Waals surface area contributed by atoms with Crippen molar-refractivity contribution in [2.24, 2.45) is 0 Å². The maximum absolute atomic E-state index is 13.4. The number of aromatic nitrogens is 4. The van der Waals surface area contributed by atoms with E-state index in [2.05, 4.69) is 15.5 Å². The van der Waals surface area contributed by atoms with E-state index in [0.717, 1.165) is 12.1 Å². The second-order valence-corrected chi connectivity index (χ2v) is 4.61. The summed E-state index contributed by atoms with van der Waals surface area (Å²) < 4.78 is 38.7. The Morgan fingerprint density at radius 2 is 2.10 bits per heavy atom. The van der Waals surface area contributed by atoms with Gasteiger partial charge >= 0.3 is 0 Å². The molecule has 1 atom stereocenters. The Hall–Kier alpha value is -2.13. The number of hydrogen-bond donors (Lipinski definition) is 1. The second kappa shape index (κ2) is 5.70. The summed E-state index contributed by atoms with van der Waals surface area (Å²) in [4.78, 5) is 0. The first-order chi connectivity index (χ1) is 10.1. The van der Waals surface area contributed by atoms with Gasteiger partial charge < -0.3 is 15.2 Å². The van der Waals surface area contributed by atoms with E-state index in [4.69, 9.17) is 15.2 Å². The van der Waals surface area contributed by atoms with Crippen molar-refractivity contribution in [2.75, 3.05) is 25.6 Å². The molecule has 112 valence electrons. The van der Waals surface area contributed by atoms with Gasteiger partial charge in [-0.25, -0.2) is 13.5 Å². The van der Waals surface area contributed by atoms with Crippen LogP contribution in [-0.4, -0.2) is 46.1 Å². The number of nitrogens with zero attached hydrogens (tertiary/aromatic N) is 4. The monoisotopic (exact) mass is 297 g/mol. The fourth-order valence-electron chi connectivity index (χ4n) is 2.11. The maximum Gasteiger partial charge on any atom is 0.184 e. The van der Waals surface area contributed by atoms with Crippen LogP contribution in [0.15, 0.2) is 12.1 Å². The topological polar surface area (TPSA) is 88.1 Å². The molecule has 1 aliphatic rings. The molecule has 3 rings (SSSR count). The molecule has 0 aliphatic carbocycles. The number of benzene rings is 1. The quantitative estimate of drug-likeness (QED) is 0.835. The van der Waals surface area contributed by atoms with Crippen molar-refractivity contribution < 1.29 is 18.3 Å². The molecule has 0 spiro atoms. The van der Waals surface area contributed by atoms with E-state index in [1.165, 1.54) is 4.68 Å². The van der Waals surface area contributed by atoms with E-state index in [1.807, 2.05) is 0 Å². The standard InChI is InChI=1S/C12H13F2N5O2/c13-9-3-8(11(15)4-10(9)14)12-16-17-18-19(12)5-7-6-20-1-2-21-7/h3-4,7H,1-2,5-6,15H2. The molecule has 2 heterocycles. The Bertz CT molecular complexity index is 643. The predicted octanol–water partition coefficient (Wildman–Crippen LogP) is 0.616. The highest BCUT2D eigenvalue weighted by molar-refractivity contribution is 5.71. The lowest BCUT2D eigenvalue weighted by Crippen LogP contribution is -2.32. The number of rotatable bonds is 3. The lowest BCUT2D eigenvalue weighted by atomic mass is 10.1. The van der Waals surface area contributed by atoms with Crippen molar-refractivity contribution in [3.63, 3.8) is 0 Å². The van der Waals surface area contributed by atoms with Crippen LogP contribution in [0.1, 0.15) is 0 Å². The Morgan fingerprint density at radius 3 is 2.86 bits per heavy atom. The molecule has 1 aromatic carbocycles. The molecule has 0 bridgehead atoms. The molecule has 0 saturated carbocycles. The van der Waals surface area contributed by atoms with E-state index in [-0.39, 0.29) is 23.2 Å². The summed E-state index contributed by atoms with van der Waals surface area (Å²) in [7, 11) is 0. The van der Waals surface area contributed by atoms with Gasteiger partial charge in [0.2, 0.25) is 0 Å². The van der Waals surface area contributed by atoms with Crippen molar-refractivity contribution in [1.82, 2.24) is 20.2 Å². The lowest BCUT2D eigenvalue weighted by Gasteiger charge is -2.22. The van der Waals surface area contributed by atoms with Crippen LogP contribution in [0.5, 0.6) is 0 Å². The van der Waals surface area contributed by atoms with Gasteiger partial charge in [0.1, 0.15) is 6.10 Å². The van der Waals surface area contributed by atoms with E-state index >= 15 is 0 Å². The Labute approximate surface area is 118 Å². The van der Waals surface area contributed by atoms with Crippen LogP contribution >= 0.6 is 0 Å². The fourth-order valence-corrected chi connectivity index (χ4v) is 2.11. The van der Waals surface area contributed by atoms with Crippen molar-refractivity contribution in [2.45, 2.75) is 12.6 Å². The first-order valence-electron chi connectivity index (χ1n) is 6.35. The van der Waals surface area contributed by atoms with Crippen molar-refractivity contribution in [3.8, 4) is 11.4 Å². The van der Waals surface area contributed by atoms with Gasteiger partial charge in [0.05, 0.1) is 26.4 Å². The average molecular weight is 297 g/mol. The Balaban J connectivity index is 1.89. The molecule has 2 N–H and O–H groups in total. The number of tetrazole rings is 1. The van der Waals surface area contributed by atoms with Gasteiger partial charge in [-0.15, -0.1) is 5.10 Å². The largest absolute Gasteiger partial charge is 0.398 e. The highest BCUT2D eigenvalue weighted by Gasteiger charge is 2.20. The van der Waals surface area contributed by atoms with Gasteiger partial charge in [0, 0.05) is 17.3 Å². The number of hydrogen-bond acceptors (Lipinski definition) is 6. The van der Waals surface area contributed by atoms with Crippen molar-refractivity contribution >= 4 is 5.69 Å². The zero-order chi connectivity index (χ0) is 14.8. The molecule has 7 nitrogen and oxygen atoms in total. The summed E-state index contributed by atoms with van der Waals surface area (Å²) in [5.74, 6) is -1.77. The van der Waals surface area contributed by atoms with E-state index in [1.54, 1.807) is 0 Å². The molecular formula is C12H13F2N5O2. The third-order valence-corrected chi connectivity index (χ3v) is 3.13. The number of ether oxygens (including phenoxy) is 2. The normalized spacial score (nSPS) is 18.9. The molecule has 2 aromatic rings. The zero-order valence-electron chi connectivity index (χ0n) is 11.0. The average Bonchev–Trinajstić information content (AvgIpc) is 2.92. The van der Waals surface area contributed by atoms with Crippen LogP contribution in [-0.2, 0) is 16.0 Å². The van der Waals surface area contributed by atoms with Crippen LogP contribution in [0, 0.1) is 11.6 Å². The van der Waals surface area contributed by atoms with Crippen LogP contribution in [0.2, 0.25) is 0 Å². The molecule has 1 saturated heterocycles. The smallest absolute Gasteiger partial charge is 0.184 e. The van der Waals surface area contributed by atoms with Gasteiger partial charge in [-0.1, -0.05) is 0 Å². The van der Waals surface area contributed by atoms with Crippen LogP contribution in [0.3, 0.4) is 0 Å². The molecule has 0 amide bonds. The van der Waals surface area contributed by atoms with Gasteiger partial charge in [0.25, 0.3) is 0 Å². The van der Waals surface area contributed by atoms with Crippen molar-refractivity contribution in [3.05, 3.63) is 23.8 Å². The van der Waals surface area contributed by atoms with E-state index in [9.17, 15) is 8.78 Å². The highest BCUT2D eigenvalue weighted by atomic mass is 19.2. The molecule has 1 aliphatic heterocycles. The van der Waals surface area contributed by atoms with E-state index in [0.29, 0.717) is 26.4 Å². The summed E-state index contributed by atoms with van der Waals surface area (Å²) in [6.45, 7) is 1.80. The van der Waals surface area contributed by atoms with Crippen LogP contribution in [0.4, 0.5) is 14.5 Å². The van der Waals surface area contributed by atoms with Gasteiger partial charge in [0.15, 0.2) is 17.5 Å². The first-order valence-corrected chi connectivity index (χ1v) is 6.35. The number of nitrogens with two attached hydrogens (primary N) is 1. The molecule has 1 aromatic heterocycles. The third-order valence-electron chi connectivity index (χ3n) is 3.13. The SMILES string of the molecule is Nc1cc(F)c(F)cc1-c1nnnn1CC1COCCO1. The van der Waals surface area contributed by atoms with Gasteiger partial charge in [-0.05, 0) is 16.5 Å². The minimum Gasteiger partial charge on any atom is -0.398 e. The zero-order valence-corrected chi connectivity index (χ0v) is 11.0. The number of anilines is 1. The molecule has 9 heteroatoms. The summed E-state index contributed by atoms with van der Waals surface area (Å²) in [6.07, 6.45) is -0.201. The van der Waals surface area contributed by atoms with Crippen molar-refractivity contribution in [1.29, 1.82) is 0 Å².